The van der Waals surface area contributed by atoms with Gasteiger partial charge in [0.2, 0.25) is 0 Å². The van der Waals surface area contributed by atoms with Gasteiger partial charge in [0.1, 0.15) is 11.9 Å². The van der Waals surface area contributed by atoms with E-state index in [2.05, 4.69) is 4.98 Å². The van der Waals surface area contributed by atoms with Crippen molar-refractivity contribution in [3.05, 3.63) is 22.7 Å². The molecule has 8 heteroatoms. The van der Waals surface area contributed by atoms with Crippen molar-refractivity contribution in [1.29, 1.82) is 0 Å². The fourth-order valence-electron chi connectivity index (χ4n) is 1.06. The third-order valence-electron chi connectivity index (χ3n) is 1.98. The van der Waals surface area contributed by atoms with Gasteiger partial charge in [-0.25, -0.2) is 4.79 Å². The highest BCUT2D eigenvalue weighted by Gasteiger charge is 2.22. The molecule has 8 nitrogen and oxygen atoms in total. The Morgan fingerprint density at radius 3 is 2.75 bits per heavy atom. The lowest BCUT2D eigenvalue weighted by atomic mass is 10.2. The first-order chi connectivity index (χ1) is 7.41. The number of nitrogen functional groups attached to an aromatic ring is 1. The van der Waals surface area contributed by atoms with Gasteiger partial charge < -0.3 is 21.7 Å². The van der Waals surface area contributed by atoms with Gasteiger partial charge in [-0.3, -0.25) is 9.36 Å². The molecule has 0 radical (unpaired) electrons. The largest absolute Gasteiger partial charge is 0.480 e. The Kier molecular flexibility index (Phi) is 3.59. The van der Waals surface area contributed by atoms with Gasteiger partial charge >= 0.3 is 11.7 Å². The Morgan fingerprint density at radius 1 is 1.62 bits per heavy atom. The average Bonchev–Trinajstić information content (AvgIpc) is 2.20. The maximum Gasteiger partial charge on any atom is 0.349 e. The molecule has 16 heavy (non-hydrogen) atoms. The molecule has 0 bridgehead atoms. The van der Waals surface area contributed by atoms with Crippen LogP contribution in [0.4, 0.5) is 5.82 Å². The molecule has 1 rings (SSSR count). The molecule has 1 heterocycles. The van der Waals surface area contributed by atoms with Crippen molar-refractivity contribution in [2.45, 2.75) is 18.7 Å². The van der Waals surface area contributed by atoms with E-state index in [1.54, 1.807) is 0 Å². The smallest absolute Gasteiger partial charge is 0.349 e. The van der Waals surface area contributed by atoms with Crippen molar-refractivity contribution in [3.63, 3.8) is 0 Å². The van der Waals surface area contributed by atoms with Gasteiger partial charge in [0, 0.05) is 6.20 Å². The topological polar surface area (TPSA) is 144 Å². The molecule has 0 spiro atoms. The third-order valence-corrected chi connectivity index (χ3v) is 1.98. The second kappa shape index (κ2) is 4.73. The van der Waals surface area contributed by atoms with E-state index < -0.39 is 23.8 Å². The second-order valence-electron chi connectivity index (χ2n) is 3.22. The molecule has 0 aliphatic rings. The lowest BCUT2D eigenvalue weighted by Gasteiger charge is -2.15. The van der Waals surface area contributed by atoms with Crippen molar-refractivity contribution in [3.8, 4) is 0 Å². The number of hydrogen-bond acceptors (Lipinski definition) is 6. The maximum absolute atomic E-state index is 11.2. The van der Waals surface area contributed by atoms with Crippen LogP contribution in [0.5, 0.6) is 0 Å². The van der Waals surface area contributed by atoms with E-state index in [1.165, 1.54) is 12.3 Å². The number of aliphatic hydroxyl groups is 1. The highest BCUT2D eigenvalue weighted by atomic mass is 16.4. The zero-order chi connectivity index (χ0) is 12.3. The van der Waals surface area contributed by atoms with Crippen LogP contribution in [0.15, 0.2) is 17.1 Å². The minimum absolute atomic E-state index is 0.0540. The molecule has 0 unspecified atom stereocenters. The van der Waals surface area contributed by atoms with Crippen LogP contribution in [0.3, 0.4) is 0 Å². The van der Waals surface area contributed by atoms with Crippen LogP contribution in [0.25, 0.3) is 0 Å². The Morgan fingerprint density at radius 2 is 2.25 bits per heavy atom. The second-order valence-corrected chi connectivity index (χ2v) is 3.22. The van der Waals surface area contributed by atoms with Crippen LogP contribution in [0.2, 0.25) is 0 Å². The minimum Gasteiger partial charge on any atom is -0.480 e. The van der Waals surface area contributed by atoms with Crippen molar-refractivity contribution in [2.24, 2.45) is 5.73 Å². The SMILES string of the molecule is Nc1ccn(C[C@H](O)[C@H](N)C(=O)O)c(=O)n1. The molecule has 88 valence electrons. The summed E-state index contributed by atoms with van der Waals surface area (Å²) in [6, 6.07) is -0.0927. The highest BCUT2D eigenvalue weighted by Crippen LogP contribution is 1.96. The van der Waals surface area contributed by atoms with Gasteiger partial charge in [-0.05, 0) is 6.07 Å². The zero-order valence-electron chi connectivity index (χ0n) is 8.28. The van der Waals surface area contributed by atoms with E-state index in [1.807, 2.05) is 0 Å². The Labute approximate surface area is 90.1 Å². The van der Waals surface area contributed by atoms with E-state index in [4.69, 9.17) is 16.6 Å². The van der Waals surface area contributed by atoms with Crippen LogP contribution in [-0.4, -0.2) is 37.9 Å². The predicted molar refractivity (Wildman–Crippen MR) is 54.5 cm³/mol. The number of rotatable bonds is 4. The molecule has 0 aliphatic heterocycles. The summed E-state index contributed by atoms with van der Waals surface area (Å²) in [7, 11) is 0. The number of nitrogens with two attached hydrogens (primary N) is 2. The fourth-order valence-corrected chi connectivity index (χ4v) is 1.06. The fraction of sp³-hybridized carbons (Fsp3) is 0.375. The molecule has 0 saturated heterocycles. The lowest BCUT2D eigenvalue weighted by Crippen LogP contribution is -2.45. The Balaban J connectivity index is 2.81. The summed E-state index contributed by atoms with van der Waals surface area (Å²) in [5.41, 5.74) is 9.77. The predicted octanol–water partition coefficient (Wildman–Crippen LogP) is -2.40. The van der Waals surface area contributed by atoms with Crippen LogP contribution in [-0.2, 0) is 11.3 Å². The average molecular weight is 228 g/mol. The molecule has 6 N–H and O–H groups in total. The molecule has 0 aromatic carbocycles. The quantitative estimate of drug-likeness (QED) is 0.449. The molecule has 0 fully saturated rings. The molecular formula is C8H12N4O4. The summed E-state index contributed by atoms with van der Waals surface area (Å²) < 4.78 is 1.03. The number of aliphatic hydroxyl groups excluding tert-OH is 1. The first kappa shape index (κ1) is 12.1. The number of hydrogen-bond donors (Lipinski definition) is 4. The standard InChI is InChI=1S/C8H12N4O4/c9-5-1-2-12(8(16)11-5)3-4(13)6(10)7(14)15/h1-2,4,6,13H,3,10H2,(H,14,15)(H2,9,11,16)/t4-,6-/m0/s1. The molecule has 1 aromatic heterocycles. The van der Waals surface area contributed by atoms with Crippen LogP contribution >= 0.6 is 0 Å². The van der Waals surface area contributed by atoms with Crippen LogP contribution in [0, 0.1) is 0 Å². The Hall–Kier alpha value is -1.93. The summed E-state index contributed by atoms with van der Waals surface area (Å²) in [6.07, 6.45) is -0.0664. The molecule has 1 aromatic rings. The summed E-state index contributed by atoms with van der Waals surface area (Å²) >= 11 is 0. The molecule has 0 aliphatic carbocycles. The zero-order valence-corrected chi connectivity index (χ0v) is 8.28. The summed E-state index contributed by atoms with van der Waals surface area (Å²) in [5, 5.41) is 17.9. The van der Waals surface area contributed by atoms with Crippen molar-refractivity contribution >= 4 is 11.8 Å². The number of nitrogens with zero attached hydrogens (tertiary/aromatic N) is 2. The van der Waals surface area contributed by atoms with Gasteiger partial charge in [0.05, 0.1) is 12.6 Å². The Bertz CT molecular complexity index is 444. The van der Waals surface area contributed by atoms with Crippen LogP contribution < -0.4 is 17.2 Å². The van der Waals surface area contributed by atoms with Gasteiger partial charge in [0.15, 0.2) is 0 Å². The van der Waals surface area contributed by atoms with Crippen molar-refractivity contribution in [1.82, 2.24) is 9.55 Å². The lowest BCUT2D eigenvalue weighted by molar-refractivity contribution is -0.141. The number of carbonyl (C=O) groups is 1. The maximum atomic E-state index is 11.2. The van der Waals surface area contributed by atoms with E-state index in [-0.39, 0.29) is 12.4 Å². The van der Waals surface area contributed by atoms with E-state index in [0.717, 1.165) is 4.57 Å². The first-order valence-electron chi connectivity index (χ1n) is 4.41. The highest BCUT2D eigenvalue weighted by molar-refractivity contribution is 5.73. The third kappa shape index (κ3) is 2.78. The van der Waals surface area contributed by atoms with E-state index >= 15 is 0 Å². The van der Waals surface area contributed by atoms with Gasteiger partial charge in [0.25, 0.3) is 0 Å². The van der Waals surface area contributed by atoms with Gasteiger partial charge in [-0.2, -0.15) is 4.98 Å². The monoisotopic (exact) mass is 228 g/mol. The van der Waals surface area contributed by atoms with Crippen molar-refractivity contribution in [2.75, 3.05) is 5.73 Å². The molecule has 0 amide bonds. The number of anilines is 1. The summed E-state index contributed by atoms with van der Waals surface area (Å²) in [4.78, 5) is 25.1. The molecular weight excluding hydrogens is 216 g/mol. The number of carboxylic acid groups (broad SMARTS) is 1. The summed E-state index contributed by atoms with van der Waals surface area (Å²) in [6.45, 7) is -0.250. The number of aromatic nitrogens is 2. The van der Waals surface area contributed by atoms with E-state index in [9.17, 15) is 14.7 Å². The van der Waals surface area contributed by atoms with Crippen molar-refractivity contribution < 1.29 is 15.0 Å². The number of aliphatic carboxylic acids is 1. The minimum atomic E-state index is -1.45. The van der Waals surface area contributed by atoms with Crippen LogP contribution in [0.1, 0.15) is 0 Å². The van der Waals surface area contributed by atoms with E-state index in [0.29, 0.717) is 0 Å². The normalized spacial score (nSPS) is 14.4. The summed E-state index contributed by atoms with van der Waals surface area (Å²) in [5.74, 6) is -1.29. The molecule has 0 saturated carbocycles. The van der Waals surface area contributed by atoms with Gasteiger partial charge in [-0.15, -0.1) is 0 Å². The number of carboxylic acids is 1. The van der Waals surface area contributed by atoms with Gasteiger partial charge in [-0.1, -0.05) is 0 Å². The first-order valence-corrected chi connectivity index (χ1v) is 4.41. The molecule has 2 atom stereocenters.